The normalized spacial score (nSPS) is 15.0. The zero-order valence-corrected chi connectivity index (χ0v) is 11.5. The van der Waals surface area contributed by atoms with Crippen molar-refractivity contribution in [3.05, 3.63) is 40.7 Å². The summed E-state index contributed by atoms with van der Waals surface area (Å²) in [5.74, 6) is -9.43. The highest BCUT2D eigenvalue weighted by atomic mass is 19.2. The first-order valence-corrected chi connectivity index (χ1v) is 6.08. The average molecular weight is 313 g/mol. The van der Waals surface area contributed by atoms with E-state index in [0.29, 0.717) is 0 Å². The van der Waals surface area contributed by atoms with Crippen molar-refractivity contribution in [1.82, 2.24) is 4.90 Å². The van der Waals surface area contributed by atoms with Crippen LogP contribution < -0.4 is 0 Å². The van der Waals surface area contributed by atoms with Gasteiger partial charge in [-0.1, -0.05) is 6.58 Å². The summed E-state index contributed by atoms with van der Waals surface area (Å²) < 4.78 is 41.4. The van der Waals surface area contributed by atoms with Crippen LogP contribution in [0.25, 0.3) is 5.57 Å². The standard InChI is InChI=1S/C14H10F3NO4/c1-4(2)6-7-8(10(16)11(17)9(6)15)13(20)18(12(7)19)5(3)14(21)22/h5H,1H2,2-3H3,(H,21,22)/t5-/m0/s1. The fourth-order valence-electron chi connectivity index (χ4n) is 2.27. The van der Waals surface area contributed by atoms with E-state index in [4.69, 9.17) is 5.11 Å². The van der Waals surface area contributed by atoms with E-state index in [1.165, 1.54) is 6.92 Å². The lowest BCUT2D eigenvalue weighted by atomic mass is 9.96. The van der Waals surface area contributed by atoms with Crippen molar-refractivity contribution in [2.75, 3.05) is 0 Å². The first-order valence-electron chi connectivity index (χ1n) is 6.08. The van der Waals surface area contributed by atoms with E-state index in [1.807, 2.05) is 0 Å². The number of carboxylic acids is 1. The summed E-state index contributed by atoms with van der Waals surface area (Å²) in [5.41, 5.74) is -2.41. The number of halogens is 3. The van der Waals surface area contributed by atoms with Gasteiger partial charge < -0.3 is 5.11 Å². The zero-order valence-electron chi connectivity index (χ0n) is 11.5. The summed E-state index contributed by atoms with van der Waals surface area (Å²) >= 11 is 0. The number of carboxylic acid groups (broad SMARTS) is 1. The number of carbonyl (C=O) groups excluding carboxylic acids is 2. The van der Waals surface area contributed by atoms with Gasteiger partial charge in [-0.2, -0.15) is 0 Å². The Morgan fingerprint density at radius 1 is 1.09 bits per heavy atom. The second-order valence-corrected chi connectivity index (χ2v) is 4.84. The number of fused-ring (bicyclic) bond motifs is 1. The minimum absolute atomic E-state index is 0.0985. The summed E-state index contributed by atoms with van der Waals surface area (Å²) in [4.78, 5) is 35.5. The fraction of sp³-hybridized carbons (Fsp3) is 0.214. The predicted octanol–water partition coefficient (Wildman–Crippen LogP) is 2.21. The van der Waals surface area contributed by atoms with Crippen LogP contribution in [0.15, 0.2) is 6.58 Å². The lowest BCUT2D eigenvalue weighted by Gasteiger charge is -2.18. The number of imide groups is 1. The Morgan fingerprint density at radius 3 is 2.05 bits per heavy atom. The van der Waals surface area contributed by atoms with E-state index in [-0.39, 0.29) is 10.5 Å². The van der Waals surface area contributed by atoms with E-state index in [1.54, 1.807) is 0 Å². The molecule has 0 unspecified atom stereocenters. The Bertz CT molecular complexity index is 757. The third-order valence-corrected chi connectivity index (χ3v) is 3.36. The van der Waals surface area contributed by atoms with Gasteiger partial charge in [0.05, 0.1) is 11.1 Å². The molecule has 2 amide bonds. The van der Waals surface area contributed by atoms with E-state index in [0.717, 1.165) is 6.92 Å². The molecule has 0 fully saturated rings. The lowest BCUT2D eigenvalue weighted by Crippen LogP contribution is -2.42. The van der Waals surface area contributed by atoms with Crippen LogP contribution in [0.3, 0.4) is 0 Å². The Morgan fingerprint density at radius 2 is 1.59 bits per heavy atom. The number of hydrogen-bond acceptors (Lipinski definition) is 3. The van der Waals surface area contributed by atoms with Gasteiger partial charge in [0.1, 0.15) is 6.04 Å². The molecule has 0 saturated heterocycles. The van der Waals surface area contributed by atoms with Crippen molar-refractivity contribution in [2.24, 2.45) is 0 Å². The molecule has 2 rings (SSSR count). The number of rotatable bonds is 3. The molecular formula is C14H10F3NO4. The number of amides is 2. The molecule has 1 aliphatic rings. The largest absolute Gasteiger partial charge is 0.480 e. The Hall–Kier alpha value is -2.64. The van der Waals surface area contributed by atoms with Gasteiger partial charge in [0.15, 0.2) is 17.5 Å². The number of hydrogen-bond donors (Lipinski definition) is 1. The topological polar surface area (TPSA) is 74.7 Å². The molecule has 1 aromatic carbocycles. The van der Waals surface area contributed by atoms with Crippen molar-refractivity contribution in [2.45, 2.75) is 19.9 Å². The van der Waals surface area contributed by atoms with Gasteiger partial charge >= 0.3 is 5.97 Å². The zero-order chi connectivity index (χ0) is 16.9. The molecular weight excluding hydrogens is 303 g/mol. The number of benzene rings is 1. The monoisotopic (exact) mass is 313 g/mol. The van der Waals surface area contributed by atoms with Crippen molar-refractivity contribution in [3.8, 4) is 0 Å². The van der Waals surface area contributed by atoms with Crippen LogP contribution in [0.2, 0.25) is 0 Å². The first-order chi connectivity index (χ1) is 10.1. The smallest absolute Gasteiger partial charge is 0.326 e. The predicted molar refractivity (Wildman–Crippen MR) is 68.6 cm³/mol. The molecule has 8 heteroatoms. The summed E-state index contributed by atoms with van der Waals surface area (Å²) in [6.45, 7) is 5.64. The molecule has 116 valence electrons. The van der Waals surface area contributed by atoms with Crippen LogP contribution in [0.4, 0.5) is 13.2 Å². The summed E-state index contributed by atoms with van der Waals surface area (Å²) in [5, 5.41) is 8.91. The van der Waals surface area contributed by atoms with Crippen molar-refractivity contribution >= 4 is 23.4 Å². The van der Waals surface area contributed by atoms with Crippen molar-refractivity contribution in [1.29, 1.82) is 0 Å². The molecule has 22 heavy (non-hydrogen) atoms. The van der Waals surface area contributed by atoms with Crippen molar-refractivity contribution in [3.63, 3.8) is 0 Å². The molecule has 0 aromatic heterocycles. The number of aliphatic carboxylic acids is 1. The summed E-state index contributed by atoms with van der Waals surface area (Å²) in [6, 6.07) is -1.61. The maximum absolute atomic E-state index is 13.9. The summed E-state index contributed by atoms with van der Waals surface area (Å²) in [7, 11) is 0. The molecule has 0 radical (unpaired) electrons. The molecule has 0 spiro atoms. The highest BCUT2D eigenvalue weighted by molar-refractivity contribution is 6.24. The minimum Gasteiger partial charge on any atom is -0.480 e. The highest BCUT2D eigenvalue weighted by Crippen LogP contribution is 2.36. The van der Waals surface area contributed by atoms with Gasteiger partial charge in [-0.05, 0) is 19.4 Å². The van der Waals surface area contributed by atoms with E-state index in [2.05, 4.69) is 6.58 Å². The van der Waals surface area contributed by atoms with Crippen LogP contribution in [0.5, 0.6) is 0 Å². The Kier molecular flexibility index (Phi) is 3.56. The molecule has 0 aliphatic carbocycles. The Balaban J connectivity index is 2.83. The molecule has 1 heterocycles. The lowest BCUT2D eigenvalue weighted by molar-refractivity contribution is -0.140. The van der Waals surface area contributed by atoms with E-state index in [9.17, 15) is 27.6 Å². The fourth-order valence-corrected chi connectivity index (χ4v) is 2.27. The van der Waals surface area contributed by atoms with Gasteiger partial charge in [-0.3, -0.25) is 14.5 Å². The molecule has 5 nitrogen and oxygen atoms in total. The van der Waals surface area contributed by atoms with E-state index < -0.39 is 58.0 Å². The molecule has 0 saturated carbocycles. The second-order valence-electron chi connectivity index (χ2n) is 4.84. The van der Waals surface area contributed by atoms with Crippen LogP contribution in [0, 0.1) is 17.5 Å². The minimum atomic E-state index is -1.91. The van der Waals surface area contributed by atoms with Crippen LogP contribution in [0.1, 0.15) is 40.1 Å². The van der Waals surface area contributed by atoms with E-state index >= 15 is 0 Å². The summed E-state index contributed by atoms with van der Waals surface area (Å²) in [6.07, 6.45) is 0. The Labute approximate surface area is 122 Å². The maximum Gasteiger partial charge on any atom is 0.326 e. The average Bonchev–Trinajstić information content (AvgIpc) is 2.67. The van der Waals surface area contributed by atoms with Crippen LogP contribution >= 0.6 is 0 Å². The molecule has 0 bridgehead atoms. The highest BCUT2D eigenvalue weighted by Gasteiger charge is 2.46. The number of nitrogens with zero attached hydrogens (tertiary/aromatic N) is 1. The quantitative estimate of drug-likeness (QED) is 0.686. The first kappa shape index (κ1) is 15.7. The third kappa shape index (κ3) is 1.91. The number of carbonyl (C=O) groups is 3. The van der Waals surface area contributed by atoms with Gasteiger partial charge in [-0.15, -0.1) is 0 Å². The molecule has 1 N–H and O–H groups in total. The molecule has 1 aliphatic heterocycles. The second kappa shape index (κ2) is 4.97. The third-order valence-electron chi connectivity index (χ3n) is 3.36. The van der Waals surface area contributed by atoms with Gasteiger partial charge in [0.25, 0.3) is 11.8 Å². The van der Waals surface area contributed by atoms with Crippen LogP contribution in [-0.4, -0.2) is 33.8 Å². The molecule has 1 aromatic rings. The van der Waals surface area contributed by atoms with Gasteiger partial charge in [0, 0.05) is 5.56 Å². The van der Waals surface area contributed by atoms with Gasteiger partial charge in [-0.25, -0.2) is 18.0 Å². The van der Waals surface area contributed by atoms with Crippen LogP contribution in [-0.2, 0) is 4.79 Å². The SMILES string of the molecule is C=C(C)c1c(F)c(F)c(F)c2c1C(=O)N([C@@H](C)C(=O)O)C2=O. The van der Waals surface area contributed by atoms with Crippen molar-refractivity contribution < 1.29 is 32.7 Å². The van der Waals surface area contributed by atoms with Gasteiger partial charge in [0.2, 0.25) is 0 Å². The number of allylic oxidation sites excluding steroid dienone is 1. The molecule has 1 atom stereocenters. The maximum atomic E-state index is 13.9.